The fourth-order valence-corrected chi connectivity index (χ4v) is 5.02. The molecule has 0 aliphatic heterocycles. The van der Waals surface area contributed by atoms with Gasteiger partial charge in [-0.05, 0) is 0 Å². The quantitative estimate of drug-likeness (QED) is 0.402. The third-order valence-corrected chi connectivity index (χ3v) is 6.69. The predicted molar refractivity (Wildman–Crippen MR) is 110 cm³/mol. The van der Waals surface area contributed by atoms with Crippen LogP contribution < -0.4 is 13.9 Å². The van der Waals surface area contributed by atoms with Gasteiger partial charge in [-0.3, -0.25) is 0 Å². The number of hydrogen-bond donors (Lipinski definition) is 0. The first-order valence-corrected chi connectivity index (χ1v) is 10.8. The van der Waals surface area contributed by atoms with E-state index >= 15 is 0 Å². The van der Waals surface area contributed by atoms with Gasteiger partial charge in [-0.15, -0.1) is 0 Å². The molecule has 0 aromatic heterocycles. The molecular weight excluding hydrogens is 403 g/mol. The van der Waals surface area contributed by atoms with Crippen molar-refractivity contribution in [3.05, 3.63) is 90.0 Å². The molecule has 3 nitrogen and oxygen atoms in total. The van der Waals surface area contributed by atoms with E-state index in [-0.39, 0.29) is 26.7 Å². The molecule has 0 saturated heterocycles. The molecule has 0 saturated carbocycles. The maximum atomic E-state index is 13.3. The minimum atomic E-state index is -0.176. The maximum absolute atomic E-state index is 13.3. The molecule has 0 heterocycles. The fourth-order valence-electron chi connectivity index (χ4n) is 2.81. The molecule has 3 aromatic rings. The number of methoxy groups -OCH3 is 2. The summed E-state index contributed by atoms with van der Waals surface area (Å²) in [5.74, 6) is 1.51. The van der Waals surface area contributed by atoms with Crippen molar-refractivity contribution in [2.24, 2.45) is 0 Å². The van der Waals surface area contributed by atoms with Crippen LogP contribution in [0.1, 0.15) is 21.8 Å². The van der Waals surface area contributed by atoms with Gasteiger partial charge >= 0.3 is 166 Å². The average Bonchev–Trinajstić information content (AvgIpc) is 2.75. The molecule has 138 valence electrons. The van der Waals surface area contributed by atoms with Crippen molar-refractivity contribution < 1.29 is 14.3 Å². The first kappa shape index (κ1) is 19.2. The summed E-state index contributed by atoms with van der Waals surface area (Å²) in [5, 5.41) is 0.814. The minimum absolute atomic E-state index is 0.139. The van der Waals surface area contributed by atoms with Crippen LogP contribution in [0.5, 0.6) is 11.5 Å². The van der Waals surface area contributed by atoms with Crippen molar-refractivity contribution in [3.8, 4) is 11.5 Å². The summed E-state index contributed by atoms with van der Waals surface area (Å²) in [6, 6.07) is 25.5. The second kappa shape index (κ2) is 9.40. The van der Waals surface area contributed by atoms with E-state index in [0.717, 1.165) is 22.4 Å². The molecule has 0 fully saturated rings. The topological polar surface area (TPSA) is 35.5 Å². The molecule has 4 heteroatoms. The van der Waals surface area contributed by atoms with Crippen LogP contribution in [0.2, 0.25) is 5.32 Å². The third kappa shape index (κ3) is 5.00. The van der Waals surface area contributed by atoms with Crippen LogP contribution in [0, 0.1) is 0 Å². The van der Waals surface area contributed by atoms with Crippen molar-refractivity contribution in [1.29, 1.82) is 0 Å². The number of hydrogen-bond acceptors (Lipinski definition) is 3. The second-order valence-electron chi connectivity index (χ2n) is 6.04. The average molecular weight is 425 g/mol. The van der Waals surface area contributed by atoms with Crippen LogP contribution in [0.15, 0.2) is 78.9 Å². The first-order chi connectivity index (χ1) is 13.2. The number of carbonyl (C=O) groups excluding carboxylic acids is 1. The Morgan fingerprint density at radius 3 is 1.93 bits per heavy atom. The summed E-state index contributed by atoms with van der Waals surface area (Å²) in [7, 11) is 3.27. The van der Waals surface area contributed by atoms with Gasteiger partial charge in [0.25, 0.3) is 0 Å². The van der Waals surface area contributed by atoms with Gasteiger partial charge in [0.2, 0.25) is 0 Å². The third-order valence-electron chi connectivity index (χ3n) is 4.37. The van der Waals surface area contributed by atoms with Gasteiger partial charge in [0.1, 0.15) is 0 Å². The zero-order valence-corrected chi connectivity index (χ0v) is 17.1. The number of carbonyl (C=O) groups is 1. The molecule has 0 spiro atoms. The number of Topliss-reactive ketones (excluding diaryl/α,β-unsaturated/α-hetero) is 1. The van der Waals surface area contributed by atoms with Gasteiger partial charge < -0.3 is 0 Å². The Morgan fingerprint density at radius 1 is 0.815 bits per heavy atom. The zero-order chi connectivity index (χ0) is 19.1. The summed E-state index contributed by atoms with van der Waals surface area (Å²) in [6.45, 7) is 0. The fraction of sp³-hybridized carbons (Fsp3) is 0.174. The number of ketones is 1. The molecule has 27 heavy (non-hydrogen) atoms. The van der Waals surface area contributed by atoms with E-state index in [1.807, 2.05) is 66.7 Å². The monoisotopic (exact) mass is 426 g/mol. The summed E-state index contributed by atoms with van der Waals surface area (Å²) in [6.07, 6.45) is 0. The summed E-state index contributed by atoms with van der Waals surface area (Å²) in [5.41, 5.74) is 1.73. The van der Waals surface area contributed by atoms with Crippen molar-refractivity contribution in [2.75, 3.05) is 14.2 Å². The molecular formula is C23H22O3Se. The Kier molecular flexibility index (Phi) is 6.69. The Bertz CT molecular complexity index is 858. The van der Waals surface area contributed by atoms with Crippen LogP contribution in [0.3, 0.4) is 0 Å². The van der Waals surface area contributed by atoms with Gasteiger partial charge in [-0.1, -0.05) is 0 Å². The Labute approximate surface area is 166 Å². The molecule has 1 atom stereocenters. The van der Waals surface area contributed by atoms with Gasteiger partial charge in [-0.2, -0.15) is 0 Å². The normalized spacial score (nSPS) is 11.6. The van der Waals surface area contributed by atoms with Crippen LogP contribution in [-0.2, 0) is 0 Å². The van der Waals surface area contributed by atoms with E-state index in [4.69, 9.17) is 9.47 Å². The van der Waals surface area contributed by atoms with Crippen molar-refractivity contribution in [3.63, 3.8) is 0 Å². The summed E-state index contributed by atoms with van der Waals surface area (Å²) < 4.78 is 11.8. The number of benzene rings is 3. The molecule has 0 amide bonds. The molecule has 0 bridgehead atoms. The molecule has 0 aliphatic rings. The Morgan fingerprint density at radius 2 is 1.37 bits per heavy atom. The Balaban J connectivity index is 1.85. The van der Waals surface area contributed by atoms with Crippen molar-refractivity contribution in [1.82, 2.24) is 0 Å². The van der Waals surface area contributed by atoms with E-state index < -0.39 is 0 Å². The van der Waals surface area contributed by atoms with E-state index in [9.17, 15) is 4.79 Å². The van der Waals surface area contributed by atoms with Gasteiger partial charge in [0, 0.05) is 0 Å². The van der Waals surface area contributed by atoms with Crippen LogP contribution in [-0.4, -0.2) is 35.0 Å². The second-order valence-corrected chi connectivity index (χ2v) is 8.34. The van der Waals surface area contributed by atoms with Crippen LogP contribution in [0.4, 0.5) is 0 Å². The standard InChI is InChI=1S/C23H22O3Se/c1-25-19-12-8-17(9-13-19)22(16-27-21-6-4-3-5-7-21)23(24)18-10-14-20(26-2)15-11-18/h3-15,22H,16H2,1-2H3. The van der Waals surface area contributed by atoms with Gasteiger partial charge in [0.05, 0.1) is 0 Å². The van der Waals surface area contributed by atoms with E-state index in [1.54, 1.807) is 14.2 Å². The van der Waals surface area contributed by atoms with E-state index in [1.165, 1.54) is 4.46 Å². The molecule has 3 aromatic carbocycles. The van der Waals surface area contributed by atoms with Crippen molar-refractivity contribution in [2.45, 2.75) is 11.2 Å². The van der Waals surface area contributed by atoms with Crippen LogP contribution >= 0.6 is 0 Å². The van der Waals surface area contributed by atoms with Gasteiger partial charge in [0.15, 0.2) is 0 Å². The first-order valence-electron chi connectivity index (χ1n) is 8.71. The Hall–Kier alpha value is -2.55. The van der Waals surface area contributed by atoms with Gasteiger partial charge in [-0.25, -0.2) is 0 Å². The molecule has 0 N–H and O–H groups in total. The SMILES string of the molecule is COc1ccc(C(=O)C(C[Se]c2ccccc2)c2ccc(OC)cc2)cc1. The molecule has 0 radical (unpaired) electrons. The number of rotatable bonds is 8. The predicted octanol–water partition coefficient (Wildman–Crippen LogP) is 4.12. The molecule has 1 unspecified atom stereocenters. The summed E-state index contributed by atoms with van der Waals surface area (Å²) >= 11 is 0.216. The molecule has 3 rings (SSSR count). The van der Waals surface area contributed by atoms with Crippen LogP contribution in [0.25, 0.3) is 0 Å². The molecule has 0 aliphatic carbocycles. The summed E-state index contributed by atoms with van der Waals surface area (Å²) in [4.78, 5) is 13.3. The van der Waals surface area contributed by atoms with E-state index in [2.05, 4.69) is 12.1 Å². The number of ether oxygens (including phenoxy) is 2. The zero-order valence-electron chi connectivity index (χ0n) is 15.4. The van der Waals surface area contributed by atoms with Crippen molar-refractivity contribution >= 4 is 25.2 Å². The van der Waals surface area contributed by atoms with E-state index in [0.29, 0.717) is 5.56 Å².